The summed E-state index contributed by atoms with van der Waals surface area (Å²) in [5.41, 5.74) is 6.08. The molecule has 104 valence electrons. The summed E-state index contributed by atoms with van der Waals surface area (Å²) in [6.07, 6.45) is 2.14. The van der Waals surface area contributed by atoms with Gasteiger partial charge in [-0.05, 0) is 30.9 Å². The molecule has 0 bridgehead atoms. The van der Waals surface area contributed by atoms with Gasteiger partial charge in [-0.2, -0.15) is 4.98 Å². The number of thioether (sulfide) groups is 1. The number of fused-ring (bicyclic) bond motifs is 1. The zero-order valence-electron chi connectivity index (χ0n) is 10.9. The maximum absolute atomic E-state index is 6.08. The van der Waals surface area contributed by atoms with Gasteiger partial charge in [0.2, 0.25) is 11.7 Å². The average Bonchev–Trinajstić information content (AvgIpc) is 3.23. The van der Waals surface area contributed by atoms with Crippen molar-refractivity contribution in [3.63, 3.8) is 0 Å². The number of ether oxygens (including phenoxy) is 1. The van der Waals surface area contributed by atoms with Crippen LogP contribution in [0.2, 0.25) is 0 Å². The number of hydrogen-bond donors (Lipinski definition) is 1. The Morgan fingerprint density at radius 1 is 1.30 bits per heavy atom. The third-order valence-electron chi connectivity index (χ3n) is 3.67. The lowest BCUT2D eigenvalue weighted by Crippen LogP contribution is -2.17. The SMILES string of the molecule is NC(c1nc(C2CSc3ccccc3O2)no1)C1CC1. The third kappa shape index (κ3) is 2.19. The van der Waals surface area contributed by atoms with Gasteiger partial charge in [-0.1, -0.05) is 17.3 Å². The molecular formula is C14H15N3O2S. The Balaban J connectivity index is 1.54. The molecule has 2 N–H and O–H groups in total. The van der Waals surface area contributed by atoms with Gasteiger partial charge in [0.1, 0.15) is 5.75 Å². The summed E-state index contributed by atoms with van der Waals surface area (Å²) in [5.74, 6) is 3.31. The minimum Gasteiger partial charge on any atom is -0.480 e. The average molecular weight is 289 g/mol. The minimum atomic E-state index is -0.168. The first-order valence-electron chi connectivity index (χ1n) is 6.79. The van der Waals surface area contributed by atoms with E-state index in [0.717, 1.165) is 29.2 Å². The van der Waals surface area contributed by atoms with Gasteiger partial charge in [0.15, 0.2) is 6.10 Å². The molecule has 1 fully saturated rings. The van der Waals surface area contributed by atoms with Crippen LogP contribution in [-0.2, 0) is 0 Å². The highest BCUT2D eigenvalue weighted by Gasteiger charge is 2.34. The van der Waals surface area contributed by atoms with E-state index in [0.29, 0.717) is 17.6 Å². The van der Waals surface area contributed by atoms with E-state index in [2.05, 4.69) is 16.2 Å². The largest absolute Gasteiger partial charge is 0.480 e. The molecule has 1 aromatic heterocycles. The van der Waals surface area contributed by atoms with E-state index in [1.54, 1.807) is 11.8 Å². The summed E-state index contributed by atoms with van der Waals surface area (Å²) >= 11 is 1.75. The van der Waals surface area contributed by atoms with Gasteiger partial charge in [-0.25, -0.2) is 0 Å². The van der Waals surface area contributed by atoms with Gasteiger partial charge in [0.05, 0.1) is 6.04 Å². The maximum atomic E-state index is 6.08. The first-order chi connectivity index (χ1) is 9.81. The summed E-state index contributed by atoms with van der Waals surface area (Å²) in [5, 5.41) is 4.04. The first kappa shape index (κ1) is 12.2. The molecular weight excluding hydrogens is 274 g/mol. The van der Waals surface area contributed by atoms with Crippen molar-refractivity contribution in [2.75, 3.05) is 5.75 Å². The molecule has 5 nitrogen and oxygen atoms in total. The van der Waals surface area contributed by atoms with Crippen LogP contribution in [-0.4, -0.2) is 15.9 Å². The van der Waals surface area contributed by atoms with E-state index in [1.165, 1.54) is 0 Å². The molecule has 2 aliphatic rings. The van der Waals surface area contributed by atoms with Crippen molar-refractivity contribution in [3.05, 3.63) is 36.0 Å². The van der Waals surface area contributed by atoms with Gasteiger partial charge in [-0.15, -0.1) is 11.8 Å². The highest BCUT2D eigenvalue weighted by molar-refractivity contribution is 7.99. The van der Waals surface area contributed by atoms with E-state index >= 15 is 0 Å². The van der Waals surface area contributed by atoms with Crippen LogP contribution < -0.4 is 10.5 Å². The van der Waals surface area contributed by atoms with E-state index in [-0.39, 0.29) is 12.1 Å². The molecule has 0 amide bonds. The first-order valence-corrected chi connectivity index (χ1v) is 7.77. The molecule has 6 heteroatoms. The lowest BCUT2D eigenvalue weighted by atomic mass is 10.2. The molecule has 20 heavy (non-hydrogen) atoms. The van der Waals surface area contributed by atoms with Crippen molar-refractivity contribution < 1.29 is 9.26 Å². The Bertz CT molecular complexity index is 626. The number of rotatable bonds is 3. The van der Waals surface area contributed by atoms with Crippen LogP contribution in [0, 0.1) is 5.92 Å². The topological polar surface area (TPSA) is 74.2 Å². The fraction of sp³-hybridized carbons (Fsp3) is 0.429. The molecule has 2 aromatic rings. The predicted octanol–water partition coefficient (Wildman–Crippen LogP) is 2.71. The van der Waals surface area contributed by atoms with Crippen LogP contribution in [0.25, 0.3) is 0 Å². The predicted molar refractivity (Wildman–Crippen MR) is 74.5 cm³/mol. The van der Waals surface area contributed by atoms with Crippen molar-refractivity contribution in [2.45, 2.75) is 29.9 Å². The zero-order chi connectivity index (χ0) is 13.5. The highest BCUT2D eigenvalue weighted by atomic mass is 32.2. The smallest absolute Gasteiger partial charge is 0.243 e. The molecule has 4 rings (SSSR count). The van der Waals surface area contributed by atoms with Gasteiger partial charge in [0, 0.05) is 10.6 Å². The van der Waals surface area contributed by atoms with Crippen LogP contribution in [0.1, 0.15) is 36.7 Å². The lowest BCUT2D eigenvalue weighted by molar-refractivity contribution is 0.205. The zero-order valence-corrected chi connectivity index (χ0v) is 11.7. The summed E-state index contributed by atoms with van der Waals surface area (Å²) < 4.78 is 11.2. The lowest BCUT2D eigenvalue weighted by Gasteiger charge is -2.22. The Morgan fingerprint density at radius 2 is 2.15 bits per heavy atom. The standard InChI is InChI=1S/C14H15N3O2S/c15-12(8-5-6-8)14-16-13(17-19-14)10-7-20-11-4-2-1-3-9(11)18-10/h1-4,8,10,12H,5-7,15H2. The van der Waals surface area contributed by atoms with Crippen LogP contribution in [0.5, 0.6) is 5.75 Å². The van der Waals surface area contributed by atoms with Crippen molar-refractivity contribution in [2.24, 2.45) is 11.7 Å². The highest BCUT2D eigenvalue weighted by Crippen LogP contribution is 2.41. The second-order valence-electron chi connectivity index (χ2n) is 5.22. The monoisotopic (exact) mass is 289 g/mol. The molecule has 0 spiro atoms. The van der Waals surface area contributed by atoms with Crippen molar-refractivity contribution in [3.8, 4) is 5.75 Å². The van der Waals surface area contributed by atoms with E-state index in [1.807, 2.05) is 18.2 Å². The Hall–Kier alpha value is -1.53. The van der Waals surface area contributed by atoms with Crippen LogP contribution in [0.4, 0.5) is 0 Å². The summed E-state index contributed by atoms with van der Waals surface area (Å²) in [6.45, 7) is 0. The van der Waals surface area contributed by atoms with E-state index in [9.17, 15) is 0 Å². The van der Waals surface area contributed by atoms with Crippen LogP contribution in [0.15, 0.2) is 33.7 Å². The van der Waals surface area contributed by atoms with E-state index < -0.39 is 0 Å². The van der Waals surface area contributed by atoms with Crippen molar-refractivity contribution in [1.29, 1.82) is 0 Å². The number of hydrogen-bond acceptors (Lipinski definition) is 6. The fourth-order valence-electron chi connectivity index (χ4n) is 2.32. The summed E-state index contributed by atoms with van der Waals surface area (Å²) in [4.78, 5) is 5.58. The quantitative estimate of drug-likeness (QED) is 0.936. The molecule has 1 aliphatic heterocycles. The van der Waals surface area contributed by atoms with Gasteiger partial charge < -0.3 is 15.0 Å². The molecule has 2 unspecified atom stereocenters. The van der Waals surface area contributed by atoms with E-state index in [4.69, 9.17) is 15.0 Å². The van der Waals surface area contributed by atoms with Gasteiger partial charge in [0.25, 0.3) is 0 Å². The van der Waals surface area contributed by atoms with Gasteiger partial charge >= 0.3 is 0 Å². The normalized spacial score (nSPS) is 22.9. The Kier molecular flexibility index (Phi) is 2.93. The Morgan fingerprint density at radius 3 is 3.00 bits per heavy atom. The number of para-hydroxylation sites is 1. The molecule has 1 aromatic carbocycles. The number of aromatic nitrogens is 2. The third-order valence-corrected chi connectivity index (χ3v) is 4.79. The summed E-state index contributed by atoms with van der Waals surface area (Å²) in [6, 6.07) is 7.87. The minimum absolute atomic E-state index is 0.125. The number of nitrogens with two attached hydrogens (primary N) is 1. The molecule has 0 saturated heterocycles. The molecule has 2 atom stereocenters. The molecule has 0 radical (unpaired) electrons. The Labute approximate surface area is 120 Å². The second-order valence-corrected chi connectivity index (χ2v) is 6.28. The number of benzene rings is 1. The van der Waals surface area contributed by atoms with Crippen molar-refractivity contribution >= 4 is 11.8 Å². The fourth-order valence-corrected chi connectivity index (χ4v) is 3.30. The van der Waals surface area contributed by atoms with Crippen LogP contribution in [0.3, 0.4) is 0 Å². The second kappa shape index (κ2) is 4.79. The summed E-state index contributed by atoms with van der Waals surface area (Å²) in [7, 11) is 0. The number of nitrogens with zero attached hydrogens (tertiary/aromatic N) is 2. The maximum Gasteiger partial charge on any atom is 0.243 e. The molecule has 1 aliphatic carbocycles. The molecule has 1 saturated carbocycles. The van der Waals surface area contributed by atoms with Crippen LogP contribution >= 0.6 is 11.8 Å². The molecule has 2 heterocycles. The van der Waals surface area contributed by atoms with Crippen molar-refractivity contribution in [1.82, 2.24) is 10.1 Å². The van der Waals surface area contributed by atoms with Gasteiger partial charge in [-0.3, -0.25) is 0 Å².